The smallest absolute Gasteiger partial charge is 0.272 e. The third kappa shape index (κ3) is 3.42. The van der Waals surface area contributed by atoms with Crippen LogP contribution in [0.1, 0.15) is 35.6 Å². The fraction of sp³-hybridized carbons (Fsp3) is 0.375. The lowest BCUT2D eigenvalue weighted by molar-refractivity contribution is 0.0740. The number of aryl methyl sites for hydroxylation is 2. The number of anilines is 1. The summed E-state index contributed by atoms with van der Waals surface area (Å²) in [6, 6.07) is 9.47. The molecule has 0 radical (unpaired) electrons. The van der Waals surface area contributed by atoms with Crippen molar-refractivity contribution < 1.29 is 4.79 Å². The summed E-state index contributed by atoms with van der Waals surface area (Å²) >= 11 is 0. The fourth-order valence-electron chi connectivity index (χ4n) is 2.36. The number of nitrogen functional groups attached to an aromatic ring is 1. The first-order valence-corrected chi connectivity index (χ1v) is 7.23. The number of amides is 1. The van der Waals surface area contributed by atoms with Crippen molar-refractivity contribution in [2.45, 2.75) is 33.9 Å². The Morgan fingerprint density at radius 3 is 2.71 bits per heavy atom. The van der Waals surface area contributed by atoms with Gasteiger partial charge in [-0.1, -0.05) is 12.1 Å². The molecule has 0 aliphatic heterocycles. The lowest BCUT2D eigenvalue weighted by Crippen LogP contribution is -2.32. The molecule has 0 saturated heterocycles. The van der Waals surface area contributed by atoms with Crippen molar-refractivity contribution in [2.24, 2.45) is 0 Å². The number of hydrogen-bond donors (Lipinski definition) is 1. The van der Waals surface area contributed by atoms with Crippen molar-refractivity contribution in [3.05, 3.63) is 47.3 Å². The van der Waals surface area contributed by atoms with E-state index in [1.807, 2.05) is 51.1 Å². The van der Waals surface area contributed by atoms with Crippen LogP contribution in [0.15, 0.2) is 30.3 Å². The molecule has 1 amide bonds. The van der Waals surface area contributed by atoms with E-state index in [-0.39, 0.29) is 5.91 Å². The van der Waals surface area contributed by atoms with Gasteiger partial charge in [0, 0.05) is 25.3 Å². The minimum absolute atomic E-state index is 0.00220. The maximum Gasteiger partial charge on any atom is 0.272 e. The molecule has 1 aromatic carbocycles. The van der Waals surface area contributed by atoms with Crippen LogP contribution in [0.2, 0.25) is 0 Å². The molecule has 0 atom stereocenters. The van der Waals surface area contributed by atoms with Gasteiger partial charge in [-0.25, -0.2) is 0 Å². The minimum Gasteiger partial charge on any atom is -0.399 e. The van der Waals surface area contributed by atoms with Gasteiger partial charge >= 0.3 is 0 Å². The average Bonchev–Trinajstić information content (AvgIpc) is 2.85. The van der Waals surface area contributed by atoms with Crippen molar-refractivity contribution in [3.63, 3.8) is 0 Å². The molecule has 0 bridgehead atoms. The SMILES string of the molecule is CCN(Cc1cccc(N)c1)C(=O)c1cc(C)nn1CC. The molecule has 2 aromatic rings. The van der Waals surface area contributed by atoms with E-state index in [0.717, 1.165) is 11.3 Å². The van der Waals surface area contributed by atoms with E-state index in [1.165, 1.54) is 0 Å². The lowest BCUT2D eigenvalue weighted by Gasteiger charge is -2.21. The fourth-order valence-corrected chi connectivity index (χ4v) is 2.36. The zero-order chi connectivity index (χ0) is 15.4. The normalized spacial score (nSPS) is 10.6. The van der Waals surface area contributed by atoms with Gasteiger partial charge in [-0.3, -0.25) is 9.48 Å². The molecular formula is C16H22N4O. The number of nitrogens with two attached hydrogens (primary N) is 1. The van der Waals surface area contributed by atoms with Crippen molar-refractivity contribution in [3.8, 4) is 0 Å². The van der Waals surface area contributed by atoms with Crippen LogP contribution < -0.4 is 5.73 Å². The maximum atomic E-state index is 12.7. The Kier molecular flexibility index (Phi) is 4.62. The van der Waals surface area contributed by atoms with Crippen LogP contribution in [-0.4, -0.2) is 27.1 Å². The molecular weight excluding hydrogens is 264 g/mol. The van der Waals surface area contributed by atoms with Crippen LogP contribution in [-0.2, 0) is 13.1 Å². The van der Waals surface area contributed by atoms with Gasteiger partial charge < -0.3 is 10.6 Å². The van der Waals surface area contributed by atoms with Crippen LogP contribution in [0.3, 0.4) is 0 Å². The Hall–Kier alpha value is -2.30. The highest BCUT2D eigenvalue weighted by Gasteiger charge is 2.19. The zero-order valence-electron chi connectivity index (χ0n) is 12.8. The van der Waals surface area contributed by atoms with E-state index in [9.17, 15) is 4.79 Å². The van der Waals surface area contributed by atoms with E-state index < -0.39 is 0 Å². The standard InChI is InChI=1S/C16H22N4O/c1-4-19(11-13-7-6-8-14(17)10-13)16(21)15-9-12(3)18-20(15)5-2/h6-10H,4-5,11,17H2,1-3H3. The van der Waals surface area contributed by atoms with Crippen LogP contribution >= 0.6 is 0 Å². The summed E-state index contributed by atoms with van der Waals surface area (Å²) in [6.45, 7) is 7.73. The average molecular weight is 286 g/mol. The zero-order valence-corrected chi connectivity index (χ0v) is 12.8. The molecule has 0 fully saturated rings. The van der Waals surface area contributed by atoms with Gasteiger partial charge in [-0.2, -0.15) is 5.10 Å². The summed E-state index contributed by atoms with van der Waals surface area (Å²) in [5.41, 5.74) is 9.04. The highest BCUT2D eigenvalue weighted by Crippen LogP contribution is 2.13. The van der Waals surface area contributed by atoms with E-state index in [0.29, 0.717) is 31.0 Å². The van der Waals surface area contributed by atoms with Crippen LogP contribution in [0.5, 0.6) is 0 Å². The molecule has 5 heteroatoms. The second-order valence-corrected chi connectivity index (χ2v) is 5.05. The number of benzene rings is 1. The number of nitrogens with zero attached hydrogens (tertiary/aromatic N) is 3. The van der Waals surface area contributed by atoms with Crippen molar-refractivity contribution in [1.82, 2.24) is 14.7 Å². The highest BCUT2D eigenvalue weighted by molar-refractivity contribution is 5.92. The third-order valence-corrected chi connectivity index (χ3v) is 3.41. The summed E-state index contributed by atoms with van der Waals surface area (Å²) in [5.74, 6) is 0.00220. The molecule has 1 heterocycles. The summed E-state index contributed by atoms with van der Waals surface area (Å²) in [6.07, 6.45) is 0. The Balaban J connectivity index is 2.22. The first-order valence-electron chi connectivity index (χ1n) is 7.23. The lowest BCUT2D eigenvalue weighted by atomic mass is 10.2. The number of aromatic nitrogens is 2. The van der Waals surface area contributed by atoms with Gasteiger partial charge in [0.25, 0.3) is 5.91 Å². The third-order valence-electron chi connectivity index (χ3n) is 3.41. The van der Waals surface area contributed by atoms with Crippen molar-refractivity contribution in [1.29, 1.82) is 0 Å². The van der Waals surface area contributed by atoms with E-state index in [1.54, 1.807) is 9.58 Å². The summed E-state index contributed by atoms with van der Waals surface area (Å²) in [4.78, 5) is 14.5. The molecule has 0 unspecified atom stereocenters. The Labute approximate surface area is 125 Å². The summed E-state index contributed by atoms with van der Waals surface area (Å²) in [7, 11) is 0. The minimum atomic E-state index is 0.00220. The number of carbonyl (C=O) groups is 1. The van der Waals surface area contributed by atoms with E-state index in [2.05, 4.69) is 5.10 Å². The van der Waals surface area contributed by atoms with Gasteiger partial charge in [-0.05, 0) is 44.5 Å². The van der Waals surface area contributed by atoms with Crippen molar-refractivity contribution in [2.75, 3.05) is 12.3 Å². The van der Waals surface area contributed by atoms with Crippen LogP contribution in [0, 0.1) is 6.92 Å². The molecule has 5 nitrogen and oxygen atoms in total. The Bertz CT molecular complexity index is 633. The maximum absolute atomic E-state index is 12.7. The molecule has 0 aliphatic carbocycles. The quantitative estimate of drug-likeness (QED) is 0.859. The van der Waals surface area contributed by atoms with Crippen LogP contribution in [0.4, 0.5) is 5.69 Å². The second-order valence-electron chi connectivity index (χ2n) is 5.05. The first-order chi connectivity index (χ1) is 10.0. The van der Waals surface area contributed by atoms with Gasteiger partial charge in [0.1, 0.15) is 5.69 Å². The molecule has 0 aliphatic rings. The van der Waals surface area contributed by atoms with Crippen LogP contribution in [0.25, 0.3) is 0 Å². The summed E-state index contributed by atoms with van der Waals surface area (Å²) in [5, 5.41) is 4.34. The first kappa shape index (κ1) is 15.1. The monoisotopic (exact) mass is 286 g/mol. The predicted octanol–water partition coefficient (Wildman–Crippen LogP) is 2.46. The van der Waals surface area contributed by atoms with Crippen molar-refractivity contribution >= 4 is 11.6 Å². The Morgan fingerprint density at radius 1 is 1.33 bits per heavy atom. The van der Waals surface area contributed by atoms with Gasteiger partial charge in [0.2, 0.25) is 0 Å². The largest absolute Gasteiger partial charge is 0.399 e. The molecule has 21 heavy (non-hydrogen) atoms. The molecule has 1 aromatic heterocycles. The number of rotatable bonds is 5. The Morgan fingerprint density at radius 2 is 2.10 bits per heavy atom. The van der Waals surface area contributed by atoms with Gasteiger partial charge in [-0.15, -0.1) is 0 Å². The highest BCUT2D eigenvalue weighted by atomic mass is 16.2. The molecule has 2 N–H and O–H groups in total. The molecule has 0 saturated carbocycles. The predicted molar refractivity (Wildman–Crippen MR) is 83.9 cm³/mol. The summed E-state index contributed by atoms with van der Waals surface area (Å²) < 4.78 is 1.75. The number of carbonyl (C=O) groups excluding carboxylic acids is 1. The van der Waals surface area contributed by atoms with Gasteiger partial charge in [0.05, 0.1) is 5.69 Å². The van der Waals surface area contributed by atoms with E-state index in [4.69, 9.17) is 5.73 Å². The van der Waals surface area contributed by atoms with E-state index >= 15 is 0 Å². The molecule has 112 valence electrons. The topological polar surface area (TPSA) is 64.2 Å². The molecule has 2 rings (SSSR count). The van der Waals surface area contributed by atoms with Gasteiger partial charge in [0.15, 0.2) is 0 Å². The second kappa shape index (κ2) is 6.43. The number of hydrogen-bond acceptors (Lipinski definition) is 3. The molecule has 0 spiro atoms.